The Labute approximate surface area is 156 Å². The summed E-state index contributed by atoms with van der Waals surface area (Å²) in [6.45, 7) is 1.23. The highest BCUT2D eigenvalue weighted by Crippen LogP contribution is 2.43. The van der Waals surface area contributed by atoms with E-state index >= 15 is 0 Å². The van der Waals surface area contributed by atoms with Crippen LogP contribution in [0.25, 0.3) is 0 Å². The number of anilines is 1. The molecule has 3 heterocycles. The minimum atomic E-state index is -0.377. The van der Waals surface area contributed by atoms with Gasteiger partial charge in [-0.25, -0.2) is 4.98 Å². The fourth-order valence-corrected chi connectivity index (χ4v) is 4.66. The number of nitrogens with two attached hydrogens (primary N) is 1. The number of benzene rings is 1. The second kappa shape index (κ2) is 6.98. The Balaban J connectivity index is 1.44. The zero-order valence-corrected chi connectivity index (χ0v) is 15.3. The van der Waals surface area contributed by atoms with Crippen molar-refractivity contribution in [1.82, 2.24) is 9.88 Å². The second-order valence-electron chi connectivity index (χ2n) is 7.15. The molecule has 2 aliphatic rings. The highest BCUT2D eigenvalue weighted by Gasteiger charge is 2.44. The zero-order valence-electron chi connectivity index (χ0n) is 14.5. The van der Waals surface area contributed by atoms with Gasteiger partial charge in [-0.2, -0.15) is 0 Å². The summed E-state index contributed by atoms with van der Waals surface area (Å²) in [5.41, 5.74) is 6.37. The molecule has 2 aromatic rings. The highest BCUT2D eigenvalue weighted by molar-refractivity contribution is 7.17. The van der Waals surface area contributed by atoms with E-state index in [1.165, 1.54) is 11.3 Å². The van der Waals surface area contributed by atoms with Crippen molar-refractivity contribution in [2.24, 2.45) is 0 Å². The van der Waals surface area contributed by atoms with Crippen LogP contribution in [0.5, 0.6) is 0 Å². The zero-order chi connectivity index (χ0) is 18.1. The predicted molar refractivity (Wildman–Crippen MR) is 99.9 cm³/mol. The molecule has 2 aliphatic heterocycles. The lowest BCUT2D eigenvalue weighted by molar-refractivity contribution is -0.181. The molecule has 138 valence electrons. The number of aliphatic hydroxyl groups excluding tert-OH is 1. The molecule has 6 nitrogen and oxygen atoms in total. The topological polar surface area (TPSA) is 88.7 Å². The van der Waals surface area contributed by atoms with Gasteiger partial charge in [0, 0.05) is 25.9 Å². The number of carbonyl (C=O) groups excluding carboxylic acids is 1. The van der Waals surface area contributed by atoms with Crippen LogP contribution < -0.4 is 5.73 Å². The van der Waals surface area contributed by atoms with Crippen molar-refractivity contribution in [3.05, 3.63) is 47.0 Å². The molecular weight excluding hydrogens is 350 g/mol. The number of thiazole rings is 1. The van der Waals surface area contributed by atoms with Crippen molar-refractivity contribution in [2.45, 2.75) is 43.5 Å². The van der Waals surface area contributed by atoms with Gasteiger partial charge in [0.15, 0.2) is 5.13 Å². The third-order valence-electron chi connectivity index (χ3n) is 5.35. The summed E-state index contributed by atoms with van der Waals surface area (Å²) in [6.07, 6.45) is 3.78. The molecule has 2 atom stereocenters. The Morgan fingerprint density at radius 1 is 1.31 bits per heavy atom. The van der Waals surface area contributed by atoms with Gasteiger partial charge in [-0.15, -0.1) is 0 Å². The van der Waals surface area contributed by atoms with Gasteiger partial charge in [-0.1, -0.05) is 41.7 Å². The lowest BCUT2D eigenvalue weighted by Gasteiger charge is -2.48. The smallest absolute Gasteiger partial charge is 0.265 e. The molecule has 0 unspecified atom stereocenters. The van der Waals surface area contributed by atoms with Gasteiger partial charge in [-0.05, 0) is 18.4 Å². The number of aromatic nitrogens is 1. The quantitative estimate of drug-likeness (QED) is 0.845. The lowest BCUT2D eigenvalue weighted by Crippen LogP contribution is -2.52. The van der Waals surface area contributed by atoms with Gasteiger partial charge in [0.05, 0.1) is 24.0 Å². The third kappa shape index (κ3) is 3.47. The van der Waals surface area contributed by atoms with Crippen molar-refractivity contribution >= 4 is 22.4 Å². The summed E-state index contributed by atoms with van der Waals surface area (Å²) in [7, 11) is 0. The van der Waals surface area contributed by atoms with Crippen LogP contribution in [-0.2, 0) is 4.74 Å². The molecule has 7 heteroatoms. The Kier molecular flexibility index (Phi) is 4.69. The Morgan fingerprint density at radius 3 is 2.69 bits per heavy atom. The fourth-order valence-electron chi connectivity index (χ4n) is 4.01. The number of ether oxygens (including phenoxy) is 1. The number of nitrogens with zero attached hydrogens (tertiary/aromatic N) is 2. The van der Waals surface area contributed by atoms with Gasteiger partial charge in [0.25, 0.3) is 5.91 Å². The van der Waals surface area contributed by atoms with E-state index in [1.807, 2.05) is 35.2 Å². The summed E-state index contributed by atoms with van der Waals surface area (Å²) >= 11 is 1.22. The molecule has 1 aromatic heterocycles. The lowest BCUT2D eigenvalue weighted by atomic mass is 9.81. The number of aliphatic hydroxyl groups is 1. The second-order valence-corrected chi connectivity index (χ2v) is 8.21. The average molecular weight is 373 g/mol. The summed E-state index contributed by atoms with van der Waals surface area (Å²) in [5, 5.41) is 10.8. The Bertz CT molecular complexity index is 771. The standard InChI is InChI=1S/C19H23N3O3S/c20-18-21-12-16(26-18)17(24)22-8-6-19(7-9-22)11-14(23)10-15(25-19)13-4-2-1-3-5-13/h1-5,12,14-15,23H,6-11H2,(H2,20,21)/t14-,15-/m1/s1. The molecule has 2 fully saturated rings. The van der Waals surface area contributed by atoms with E-state index in [9.17, 15) is 9.90 Å². The van der Waals surface area contributed by atoms with Crippen molar-refractivity contribution in [1.29, 1.82) is 0 Å². The van der Waals surface area contributed by atoms with Gasteiger partial charge < -0.3 is 20.5 Å². The molecule has 3 N–H and O–H groups in total. The first-order valence-corrected chi connectivity index (χ1v) is 9.78. The Morgan fingerprint density at radius 2 is 2.04 bits per heavy atom. The normalized spacial score (nSPS) is 25.3. The molecule has 0 bridgehead atoms. The van der Waals surface area contributed by atoms with Gasteiger partial charge in [-0.3, -0.25) is 4.79 Å². The molecule has 1 aromatic carbocycles. The van der Waals surface area contributed by atoms with E-state index in [4.69, 9.17) is 10.5 Å². The van der Waals surface area contributed by atoms with Crippen molar-refractivity contribution in [2.75, 3.05) is 18.8 Å². The molecule has 0 radical (unpaired) electrons. The van der Waals surface area contributed by atoms with Crippen LogP contribution in [0, 0.1) is 0 Å². The van der Waals surface area contributed by atoms with Crippen molar-refractivity contribution in [3.63, 3.8) is 0 Å². The van der Waals surface area contributed by atoms with Crippen LogP contribution >= 0.6 is 11.3 Å². The molecular formula is C19H23N3O3S. The van der Waals surface area contributed by atoms with Crippen LogP contribution in [-0.4, -0.2) is 45.7 Å². The Hall–Kier alpha value is -1.96. The average Bonchev–Trinajstić information content (AvgIpc) is 3.08. The summed E-state index contributed by atoms with van der Waals surface area (Å²) < 4.78 is 6.48. The number of piperidine rings is 1. The number of rotatable bonds is 2. The minimum absolute atomic E-state index is 0.0231. The summed E-state index contributed by atoms with van der Waals surface area (Å²) in [6, 6.07) is 10.1. The van der Waals surface area contributed by atoms with E-state index in [2.05, 4.69) is 4.98 Å². The predicted octanol–water partition coefficient (Wildman–Crippen LogP) is 2.61. The molecule has 4 rings (SSSR count). The molecule has 2 saturated heterocycles. The highest BCUT2D eigenvalue weighted by atomic mass is 32.1. The van der Waals surface area contributed by atoms with Crippen LogP contribution in [0.2, 0.25) is 0 Å². The number of nitrogen functional groups attached to an aromatic ring is 1. The molecule has 1 amide bonds. The van der Waals surface area contributed by atoms with Crippen LogP contribution in [0.15, 0.2) is 36.5 Å². The molecule has 0 aliphatic carbocycles. The van der Waals surface area contributed by atoms with E-state index in [0.717, 1.165) is 18.4 Å². The number of amides is 1. The van der Waals surface area contributed by atoms with Crippen LogP contribution in [0.4, 0.5) is 5.13 Å². The van der Waals surface area contributed by atoms with E-state index in [-0.39, 0.29) is 23.7 Å². The first-order chi connectivity index (χ1) is 12.5. The van der Waals surface area contributed by atoms with Crippen molar-refractivity contribution < 1.29 is 14.6 Å². The van der Waals surface area contributed by atoms with E-state index in [0.29, 0.717) is 35.9 Å². The van der Waals surface area contributed by atoms with E-state index < -0.39 is 0 Å². The number of hydrogen-bond donors (Lipinski definition) is 2. The largest absolute Gasteiger partial charge is 0.393 e. The first kappa shape index (κ1) is 17.5. The van der Waals surface area contributed by atoms with Gasteiger partial charge in [0.1, 0.15) is 4.88 Å². The first-order valence-electron chi connectivity index (χ1n) is 8.96. The number of carbonyl (C=O) groups is 1. The number of likely N-dealkylation sites (tertiary alicyclic amines) is 1. The SMILES string of the molecule is Nc1ncc(C(=O)N2CCC3(CC2)C[C@H](O)C[C@H](c2ccccc2)O3)s1. The maximum Gasteiger partial charge on any atom is 0.265 e. The fraction of sp³-hybridized carbons (Fsp3) is 0.474. The number of hydrogen-bond acceptors (Lipinski definition) is 6. The van der Waals surface area contributed by atoms with Gasteiger partial charge in [0.2, 0.25) is 0 Å². The van der Waals surface area contributed by atoms with Crippen LogP contribution in [0.1, 0.15) is 47.0 Å². The van der Waals surface area contributed by atoms with Gasteiger partial charge >= 0.3 is 0 Å². The third-order valence-corrected chi connectivity index (χ3v) is 6.17. The maximum absolute atomic E-state index is 12.6. The monoisotopic (exact) mass is 373 g/mol. The van der Waals surface area contributed by atoms with Crippen molar-refractivity contribution in [3.8, 4) is 0 Å². The summed E-state index contributed by atoms with van der Waals surface area (Å²) in [5.74, 6) is -0.0231. The summed E-state index contributed by atoms with van der Waals surface area (Å²) in [4.78, 5) is 19.0. The molecule has 1 spiro atoms. The minimum Gasteiger partial charge on any atom is -0.393 e. The molecule has 26 heavy (non-hydrogen) atoms. The van der Waals surface area contributed by atoms with E-state index in [1.54, 1.807) is 6.20 Å². The van der Waals surface area contributed by atoms with Crippen LogP contribution in [0.3, 0.4) is 0 Å². The maximum atomic E-state index is 12.6. The molecule has 0 saturated carbocycles.